The Hall–Kier alpha value is -3.43. The van der Waals surface area contributed by atoms with Crippen molar-refractivity contribution >= 4 is 34.5 Å². The van der Waals surface area contributed by atoms with Gasteiger partial charge in [-0.15, -0.1) is 5.10 Å². The Labute approximate surface area is 136 Å². The van der Waals surface area contributed by atoms with Crippen LogP contribution in [0.25, 0.3) is 11.0 Å². The van der Waals surface area contributed by atoms with Gasteiger partial charge in [0.1, 0.15) is 18.4 Å². The fourth-order valence-corrected chi connectivity index (χ4v) is 2.11. The molecule has 124 valence electrons. The highest BCUT2D eigenvalue weighted by atomic mass is 16.2. The second-order valence-electron chi connectivity index (χ2n) is 5.31. The summed E-state index contributed by atoms with van der Waals surface area (Å²) < 4.78 is 1.40. The molecule has 2 heterocycles. The van der Waals surface area contributed by atoms with Crippen LogP contribution in [0, 0.1) is 0 Å². The highest BCUT2D eigenvalue weighted by Gasteiger charge is 2.14. The number of nitrogens with zero attached hydrogens (tertiary/aromatic N) is 6. The Kier molecular flexibility index (Phi) is 3.86. The monoisotopic (exact) mass is 328 g/mol. The lowest BCUT2D eigenvalue weighted by Crippen LogP contribution is -2.27. The minimum absolute atomic E-state index is 0.0991. The second kappa shape index (κ2) is 5.99. The summed E-state index contributed by atoms with van der Waals surface area (Å²) in [4.78, 5) is 30.7. The molecule has 1 aromatic carbocycles. The van der Waals surface area contributed by atoms with E-state index in [1.807, 2.05) is 0 Å². The van der Waals surface area contributed by atoms with Gasteiger partial charge in [-0.05, 0) is 12.1 Å². The van der Waals surface area contributed by atoms with Gasteiger partial charge in [-0.1, -0.05) is 6.07 Å². The van der Waals surface area contributed by atoms with E-state index < -0.39 is 0 Å². The van der Waals surface area contributed by atoms with Crippen molar-refractivity contribution in [3.8, 4) is 0 Å². The number of nitrogens with one attached hydrogen (secondary N) is 1. The van der Waals surface area contributed by atoms with Crippen LogP contribution in [-0.2, 0) is 6.54 Å². The molecule has 0 fully saturated rings. The number of carbonyl (C=O) groups excluding carboxylic acids is 2. The third-order valence-corrected chi connectivity index (χ3v) is 3.33. The Bertz CT molecular complexity index is 911. The highest BCUT2D eigenvalue weighted by Crippen LogP contribution is 2.18. The van der Waals surface area contributed by atoms with Crippen LogP contribution in [0.1, 0.15) is 4.79 Å². The normalized spacial score (nSPS) is 10.8. The minimum Gasteiger partial charge on any atom is -0.397 e. The molecule has 0 bridgehead atoms. The zero-order valence-corrected chi connectivity index (χ0v) is 13.2. The van der Waals surface area contributed by atoms with Crippen molar-refractivity contribution in [3.05, 3.63) is 30.7 Å². The molecule has 2 aromatic heterocycles. The molecule has 0 aliphatic heterocycles. The first-order chi connectivity index (χ1) is 11.5. The Morgan fingerprint density at radius 1 is 1.33 bits per heavy atom. The number of nitrogens with two attached hydrogens (primary N) is 1. The third kappa shape index (κ3) is 2.89. The van der Waals surface area contributed by atoms with Gasteiger partial charge in [-0.2, -0.15) is 9.90 Å². The molecule has 0 unspecified atom stereocenters. The molecule has 0 saturated heterocycles. The maximum Gasteiger partial charge on any atom is 0.322 e. The Morgan fingerprint density at radius 3 is 2.88 bits per heavy atom. The van der Waals surface area contributed by atoms with E-state index in [-0.39, 0.29) is 24.3 Å². The maximum atomic E-state index is 12.4. The molecular weight excluding hydrogens is 312 g/mol. The van der Waals surface area contributed by atoms with Crippen LogP contribution in [0.3, 0.4) is 0 Å². The number of aromatic nitrogens is 5. The van der Waals surface area contributed by atoms with Crippen LogP contribution in [0.15, 0.2) is 30.7 Å². The van der Waals surface area contributed by atoms with Crippen molar-refractivity contribution in [3.63, 3.8) is 0 Å². The van der Waals surface area contributed by atoms with Crippen LogP contribution in [0.2, 0.25) is 0 Å². The summed E-state index contributed by atoms with van der Waals surface area (Å²) in [6.45, 7) is -0.0991. The second-order valence-corrected chi connectivity index (χ2v) is 5.31. The first kappa shape index (κ1) is 15.5. The average molecular weight is 328 g/mol. The summed E-state index contributed by atoms with van der Waals surface area (Å²) in [5, 5.41) is 10.6. The number of hydrogen-bond donors (Lipinski definition) is 2. The molecule has 10 nitrogen and oxygen atoms in total. The summed E-state index contributed by atoms with van der Waals surface area (Å²) in [5.74, 6) is -0.00887. The summed E-state index contributed by atoms with van der Waals surface area (Å²) >= 11 is 0. The lowest BCUT2D eigenvalue weighted by atomic mass is 10.3. The SMILES string of the molecule is CN(C)C(=O)Nc1cnn(CC(=O)n2cnc3c(N)cccc32)n1. The highest BCUT2D eigenvalue weighted by molar-refractivity contribution is 5.94. The minimum atomic E-state index is -0.329. The van der Waals surface area contributed by atoms with Gasteiger partial charge in [0.05, 0.1) is 17.4 Å². The Balaban J connectivity index is 1.76. The number of fused-ring (bicyclic) bond motifs is 1. The predicted octanol–water partition coefficient (Wildman–Crippen LogP) is 0.644. The van der Waals surface area contributed by atoms with E-state index in [4.69, 9.17) is 5.73 Å². The van der Waals surface area contributed by atoms with E-state index in [1.165, 1.54) is 26.8 Å². The number of para-hydroxylation sites is 1. The van der Waals surface area contributed by atoms with Crippen molar-refractivity contribution in [2.75, 3.05) is 25.1 Å². The fourth-order valence-electron chi connectivity index (χ4n) is 2.11. The number of imidazole rings is 1. The molecular formula is C14H16N8O2. The number of anilines is 2. The fraction of sp³-hybridized carbons (Fsp3) is 0.214. The largest absolute Gasteiger partial charge is 0.397 e. The Morgan fingerprint density at radius 2 is 2.12 bits per heavy atom. The van der Waals surface area contributed by atoms with Crippen LogP contribution in [0.4, 0.5) is 16.3 Å². The number of hydrogen-bond acceptors (Lipinski definition) is 6. The average Bonchev–Trinajstić information content (AvgIpc) is 3.14. The van der Waals surface area contributed by atoms with Crippen molar-refractivity contribution in [1.82, 2.24) is 29.4 Å². The maximum absolute atomic E-state index is 12.4. The van der Waals surface area contributed by atoms with Crippen molar-refractivity contribution < 1.29 is 9.59 Å². The summed E-state index contributed by atoms with van der Waals surface area (Å²) in [5.41, 5.74) is 7.53. The van der Waals surface area contributed by atoms with E-state index in [0.29, 0.717) is 16.7 Å². The van der Waals surface area contributed by atoms with Crippen molar-refractivity contribution in [2.45, 2.75) is 6.54 Å². The van der Waals surface area contributed by atoms with Crippen LogP contribution < -0.4 is 11.1 Å². The van der Waals surface area contributed by atoms with Crippen LogP contribution >= 0.6 is 0 Å². The molecule has 0 radical (unpaired) electrons. The molecule has 2 amide bonds. The van der Waals surface area contributed by atoms with Gasteiger partial charge in [-0.3, -0.25) is 14.7 Å². The van der Waals surface area contributed by atoms with Gasteiger partial charge < -0.3 is 10.6 Å². The van der Waals surface area contributed by atoms with Crippen molar-refractivity contribution in [2.24, 2.45) is 0 Å². The van der Waals surface area contributed by atoms with Crippen LogP contribution in [-0.4, -0.2) is 55.5 Å². The smallest absolute Gasteiger partial charge is 0.322 e. The topological polar surface area (TPSA) is 124 Å². The first-order valence-electron chi connectivity index (χ1n) is 7.09. The van der Waals surface area contributed by atoms with Crippen molar-refractivity contribution in [1.29, 1.82) is 0 Å². The number of carbonyl (C=O) groups is 2. The summed E-state index contributed by atoms with van der Waals surface area (Å²) in [6, 6.07) is 4.91. The van der Waals surface area contributed by atoms with E-state index in [1.54, 1.807) is 32.3 Å². The van der Waals surface area contributed by atoms with Gasteiger partial charge in [0.2, 0.25) is 0 Å². The number of nitrogen functional groups attached to an aromatic ring is 1. The lowest BCUT2D eigenvalue weighted by Gasteiger charge is -2.09. The van der Waals surface area contributed by atoms with Gasteiger partial charge >= 0.3 is 6.03 Å². The summed E-state index contributed by atoms with van der Waals surface area (Å²) in [7, 11) is 3.22. The lowest BCUT2D eigenvalue weighted by molar-refractivity contribution is 0.0885. The zero-order valence-electron chi connectivity index (χ0n) is 13.2. The van der Waals surface area contributed by atoms with Crippen LogP contribution in [0.5, 0.6) is 0 Å². The van der Waals surface area contributed by atoms with E-state index in [0.717, 1.165) is 0 Å². The molecule has 0 spiro atoms. The number of urea groups is 1. The molecule has 3 aromatic rings. The molecule has 0 atom stereocenters. The van der Waals surface area contributed by atoms with Gasteiger partial charge in [0.25, 0.3) is 5.91 Å². The van der Waals surface area contributed by atoms with E-state index in [9.17, 15) is 9.59 Å². The molecule has 24 heavy (non-hydrogen) atoms. The zero-order chi connectivity index (χ0) is 17.3. The number of amides is 2. The molecule has 0 aliphatic carbocycles. The molecule has 0 saturated carbocycles. The van der Waals surface area contributed by atoms with Gasteiger partial charge in [0, 0.05) is 14.1 Å². The predicted molar refractivity (Wildman–Crippen MR) is 87.5 cm³/mol. The summed E-state index contributed by atoms with van der Waals surface area (Å²) in [6.07, 6.45) is 2.79. The van der Waals surface area contributed by atoms with E-state index in [2.05, 4.69) is 20.5 Å². The first-order valence-corrected chi connectivity index (χ1v) is 7.09. The number of benzene rings is 1. The molecule has 0 aliphatic rings. The third-order valence-electron chi connectivity index (χ3n) is 3.33. The standard InChI is InChI=1S/C14H16N8O2/c1-20(2)14(24)18-11-6-17-22(19-11)7-12(23)21-8-16-13-9(15)4-3-5-10(13)21/h3-6,8H,7,15H2,1-2H3,(H,18,19,24). The van der Waals surface area contributed by atoms with Gasteiger partial charge in [0.15, 0.2) is 5.82 Å². The van der Waals surface area contributed by atoms with E-state index >= 15 is 0 Å². The molecule has 3 rings (SSSR count). The number of rotatable bonds is 3. The molecule has 10 heteroatoms. The quantitative estimate of drug-likeness (QED) is 0.680. The molecule has 3 N–H and O–H groups in total. The van der Waals surface area contributed by atoms with Gasteiger partial charge in [-0.25, -0.2) is 9.78 Å².